The normalized spacial score (nSPS) is 26.6. The monoisotopic (exact) mass is 272 g/mol. The summed E-state index contributed by atoms with van der Waals surface area (Å²) in [5.74, 6) is 1.91. The van der Waals surface area contributed by atoms with E-state index in [1.54, 1.807) is 12.4 Å². The first-order valence-electron chi connectivity index (χ1n) is 7.25. The van der Waals surface area contributed by atoms with Gasteiger partial charge in [-0.1, -0.05) is 18.5 Å². The van der Waals surface area contributed by atoms with Crippen LogP contribution in [0.3, 0.4) is 0 Å². The first-order valence-corrected chi connectivity index (χ1v) is 7.25. The van der Waals surface area contributed by atoms with Gasteiger partial charge < -0.3 is 10.3 Å². The minimum Gasteiger partial charge on any atom is -0.334 e. The van der Waals surface area contributed by atoms with Gasteiger partial charge in [0.15, 0.2) is 5.82 Å². The largest absolute Gasteiger partial charge is 0.334 e. The summed E-state index contributed by atoms with van der Waals surface area (Å²) < 4.78 is 5.34. The van der Waals surface area contributed by atoms with E-state index < -0.39 is 5.54 Å². The average Bonchev–Trinajstić information content (AvgIpc) is 3.00. The zero-order valence-electron chi connectivity index (χ0n) is 11.7. The molecule has 0 spiro atoms. The Morgan fingerprint density at radius 2 is 2.20 bits per heavy atom. The number of pyridine rings is 1. The molecular weight excluding hydrogens is 252 g/mol. The highest BCUT2D eigenvalue weighted by molar-refractivity contribution is 5.50. The molecule has 1 aliphatic rings. The molecule has 0 saturated heterocycles. The molecule has 0 radical (unpaired) electrons. The Morgan fingerprint density at radius 1 is 1.40 bits per heavy atom. The predicted molar refractivity (Wildman–Crippen MR) is 75.6 cm³/mol. The molecule has 0 aliphatic heterocycles. The van der Waals surface area contributed by atoms with E-state index in [4.69, 9.17) is 10.3 Å². The molecule has 0 aromatic carbocycles. The van der Waals surface area contributed by atoms with Crippen LogP contribution in [0.5, 0.6) is 0 Å². The van der Waals surface area contributed by atoms with Crippen molar-refractivity contribution in [2.24, 2.45) is 11.7 Å². The van der Waals surface area contributed by atoms with Gasteiger partial charge in [0, 0.05) is 12.4 Å². The molecule has 1 aliphatic carbocycles. The fourth-order valence-electron chi connectivity index (χ4n) is 2.86. The first-order chi connectivity index (χ1) is 9.71. The molecule has 5 nitrogen and oxygen atoms in total. The van der Waals surface area contributed by atoms with Crippen molar-refractivity contribution < 1.29 is 4.52 Å². The van der Waals surface area contributed by atoms with Gasteiger partial charge in [0.1, 0.15) is 0 Å². The van der Waals surface area contributed by atoms with Crippen molar-refractivity contribution in [3.63, 3.8) is 0 Å². The number of rotatable bonds is 3. The van der Waals surface area contributed by atoms with Crippen molar-refractivity contribution in [1.29, 1.82) is 0 Å². The molecule has 0 bridgehead atoms. The van der Waals surface area contributed by atoms with E-state index in [1.807, 2.05) is 12.1 Å². The summed E-state index contributed by atoms with van der Waals surface area (Å²) in [5.41, 5.74) is 6.88. The second-order valence-corrected chi connectivity index (χ2v) is 5.67. The van der Waals surface area contributed by atoms with E-state index in [9.17, 15) is 0 Å². The molecule has 2 heterocycles. The van der Waals surface area contributed by atoms with E-state index in [0.717, 1.165) is 37.2 Å². The van der Waals surface area contributed by atoms with Gasteiger partial charge in [-0.15, -0.1) is 0 Å². The lowest BCUT2D eigenvalue weighted by atomic mass is 9.76. The highest BCUT2D eigenvalue weighted by Crippen LogP contribution is 2.37. The second kappa shape index (κ2) is 5.32. The van der Waals surface area contributed by atoms with Gasteiger partial charge in [-0.3, -0.25) is 4.98 Å². The van der Waals surface area contributed by atoms with Crippen LogP contribution in [0.25, 0.3) is 11.5 Å². The van der Waals surface area contributed by atoms with Crippen molar-refractivity contribution in [2.45, 2.75) is 44.6 Å². The third kappa shape index (κ3) is 2.45. The highest BCUT2D eigenvalue weighted by atomic mass is 16.5. The maximum atomic E-state index is 6.49. The van der Waals surface area contributed by atoms with Crippen LogP contribution >= 0.6 is 0 Å². The van der Waals surface area contributed by atoms with Gasteiger partial charge in [-0.2, -0.15) is 4.98 Å². The third-order valence-corrected chi connectivity index (χ3v) is 4.35. The zero-order valence-corrected chi connectivity index (χ0v) is 11.7. The van der Waals surface area contributed by atoms with Crippen LogP contribution in [0, 0.1) is 5.92 Å². The Kier molecular flexibility index (Phi) is 3.53. The molecule has 3 rings (SSSR count). The molecule has 2 aromatic heterocycles. The van der Waals surface area contributed by atoms with Crippen molar-refractivity contribution >= 4 is 0 Å². The Morgan fingerprint density at radius 3 is 2.85 bits per heavy atom. The van der Waals surface area contributed by atoms with E-state index in [0.29, 0.717) is 11.7 Å². The number of nitrogens with two attached hydrogens (primary N) is 1. The Balaban J connectivity index is 1.80. The summed E-state index contributed by atoms with van der Waals surface area (Å²) in [5, 5.41) is 4.10. The summed E-state index contributed by atoms with van der Waals surface area (Å²) in [6.07, 6.45) is 8.80. The lowest BCUT2D eigenvalue weighted by Crippen LogP contribution is -2.41. The highest BCUT2D eigenvalue weighted by Gasteiger charge is 2.36. The number of hydrogen-bond donors (Lipinski definition) is 1. The lowest BCUT2D eigenvalue weighted by Gasteiger charge is -2.34. The van der Waals surface area contributed by atoms with Crippen molar-refractivity contribution in [3.8, 4) is 11.5 Å². The topological polar surface area (TPSA) is 77.8 Å². The molecule has 2 aromatic rings. The predicted octanol–water partition coefficient (Wildman–Crippen LogP) is 2.89. The molecule has 1 fully saturated rings. The molecule has 0 unspecified atom stereocenters. The van der Waals surface area contributed by atoms with Crippen LogP contribution < -0.4 is 5.73 Å². The minimum atomic E-state index is -0.435. The summed E-state index contributed by atoms with van der Waals surface area (Å²) >= 11 is 0. The van der Waals surface area contributed by atoms with Gasteiger partial charge in [-0.05, 0) is 43.7 Å². The molecular formula is C15H20N4O. The van der Waals surface area contributed by atoms with Gasteiger partial charge in [0.2, 0.25) is 0 Å². The maximum absolute atomic E-state index is 6.49. The molecule has 2 N–H and O–H groups in total. The van der Waals surface area contributed by atoms with Crippen LogP contribution in [0.4, 0.5) is 0 Å². The Hall–Kier alpha value is -1.75. The van der Waals surface area contributed by atoms with E-state index >= 15 is 0 Å². The fraction of sp³-hybridized carbons (Fsp3) is 0.533. The molecule has 0 atom stereocenters. The SMILES string of the molecule is CCC1CCC(N)(c2noc(-c3cccnc3)n2)CC1. The number of nitrogens with zero attached hydrogens (tertiary/aromatic N) is 3. The molecule has 5 heteroatoms. The van der Waals surface area contributed by atoms with Crippen LogP contribution in [0.2, 0.25) is 0 Å². The van der Waals surface area contributed by atoms with Crippen molar-refractivity contribution in [1.82, 2.24) is 15.1 Å². The summed E-state index contributed by atoms with van der Waals surface area (Å²) in [6, 6.07) is 3.76. The van der Waals surface area contributed by atoms with Crippen molar-refractivity contribution in [3.05, 3.63) is 30.4 Å². The number of hydrogen-bond acceptors (Lipinski definition) is 5. The second-order valence-electron chi connectivity index (χ2n) is 5.67. The van der Waals surface area contributed by atoms with Gasteiger partial charge >= 0.3 is 0 Å². The maximum Gasteiger partial charge on any atom is 0.259 e. The van der Waals surface area contributed by atoms with Crippen molar-refractivity contribution in [2.75, 3.05) is 0 Å². The van der Waals surface area contributed by atoms with Crippen LogP contribution in [-0.2, 0) is 5.54 Å². The van der Waals surface area contributed by atoms with E-state index in [1.165, 1.54) is 6.42 Å². The van der Waals surface area contributed by atoms with E-state index in [-0.39, 0.29) is 0 Å². The average molecular weight is 272 g/mol. The van der Waals surface area contributed by atoms with Gasteiger partial charge in [0.05, 0.1) is 11.1 Å². The number of aromatic nitrogens is 3. The fourth-order valence-corrected chi connectivity index (χ4v) is 2.86. The zero-order chi connectivity index (χ0) is 14.0. The quantitative estimate of drug-likeness (QED) is 0.929. The van der Waals surface area contributed by atoms with E-state index in [2.05, 4.69) is 22.0 Å². The standard InChI is InChI=1S/C15H20N4O/c1-2-11-5-7-15(16,8-6-11)14-18-13(20-19-14)12-4-3-9-17-10-12/h3-4,9-11H,2,5-8,16H2,1H3. The Labute approximate surface area is 118 Å². The lowest BCUT2D eigenvalue weighted by molar-refractivity contribution is 0.216. The molecule has 0 amide bonds. The Bertz CT molecular complexity index is 558. The summed E-state index contributed by atoms with van der Waals surface area (Å²) in [7, 11) is 0. The van der Waals surface area contributed by atoms with Crippen LogP contribution in [-0.4, -0.2) is 15.1 Å². The molecule has 106 valence electrons. The smallest absolute Gasteiger partial charge is 0.259 e. The summed E-state index contributed by atoms with van der Waals surface area (Å²) in [4.78, 5) is 8.55. The molecule has 20 heavy (non-hydrogen) atoms. The van der Waals surface area contributed by atoms with Crippen LogP contribution in [0.1, 0.15) is 44.9 Å². The van der Waals surface area contributed by atoms with Gasteiger partial charge in [0.25, 0.3) is 5.89 Å². The minimum absolute atomic E-state index is 0.435. The first kappa shape index (κ1) is 13.2. The molecule has 1 saturated carbocycles. The van der Waals surface area contributed by atoms with Crippen LogP contribution in [0.15, 0.2) is 29.0 Å². The summed E-state index contributed by atoms with van der Waals surface area (Å²) in [6.45, 7) is 2.24. The van der Waals surface area contributed by atoms with Gasteiger partial charge in [-0.25, -0.2) is 0 Å². The third-order valence-electron chi connectivity index (χ3n) is 4.35.